The highest BCUT2D eigenvalue weighted by molar-refractivity contribution is 5.74. The minimum atomic E-state index is -0.522. The number of aliphatic hydroxyl groups is 1. The van der Waals surface area contributed by atoms with Crippen LogP contribution in [0.4, 0.5) is 4.79 Å². The van der Waals surface area contributed by atoms with E-state index < -0.39 is 6.10 Å². The Balaban J connectivity index is 1.92. The number of hydrogen-bond donors (Lipinski definition) is 3. The zero-order valence-electron chi connectivity index (χ0n) is 13.5. The van der Waals surface area contributed by atoms with Crippen LogP contribution in [0.25, 0.3) is 0 Å². The Kier molecular flexibility index (Phi) is 5.66. The van der Waals surface area contributed by atoms with Crippen LogP contribution in [0.5, 0.6) is 5.75 Å². The van der Waals surface area contributed by atoms with Gasteiger partial charge in [-0.05, 0) is 42.4 Å². The van der Waals surface area contributed by atoms with Gasteiger partial charge in [-0.3, -0.25) is 0 Å². The normalized spacial score (nSPS) is 17.0. The highest BCUT2D eigenvalue weighted by Crippen LogP contribution is 2.41. The van der Waals surface area contributed by atoms with Crippen molar-refractivity contribution in [1.29, 1.82) is 0 Å². The lowest BCUT2D eigenvalue weighted by Gasteiger charge is -2.21. The molecular weight excluding hydrogens is 280 g/mol. The molecular formula is C17H26N2O3. The number of benzene rings is 1. The zero-order chi connectivity index (χ0) is 16.1. The van der Waals surface area contributed by atoms with Crippen molar-refractivity contribution in [1.82, 2.24) is 10.6 Å². The number of aliphatic hydroxyl groups excluding tert-OH is 1. The van der Waals surface area contributed by atoms with Crippen molar-refractivity contribution in [3.63, 3.8) is 0 Å². The number of amides is 2. The van der Waals surface area contributed by atoms with Crippen LogP contribution in [0.1, 0.15) is 38.3 Å². The Morgan fingerprint density at radius 1 is 1.32 bits per heavy atom. The molecule has 1 aliphatic rings. The first-order chi connectivity index (χ1) is 10.5. The fourth-order valence-corrected chi connectivity index (χ4v) is 2.34. The van der Waals surface area contributed by atoms with Crippen LogP contribution >= 0.6 is 0 Å². The van der Waals surface area contributed by atoms with Gasteiger partial charge in [0.05, 0.1) is 19.3 Å². The summed E-state index contributed by atoms with van der Waals surface area (Å²) in [5, 5.41) is 15.5. The summed E-state index contributed by atoms with van der Waals surface area (Å²) in [5.41, 5.74) is 1.09. The second-order valence-electron chi connectivity index (χ2n) is 6.25. The van der Waals surface area contributed by atoms with Crippen molar-refractivity contribution in [2.45, 2.75) is 38.8 Å². The average molecular weight is 306 g/mol. The Labute approximate surface area is 132 Å². The van der Waals surface area contributed by atoms with Gasteiger partial charge in [-0.25, -0.2) is 4.79 Å². The van der Waals surface area contributed by atoms with Crippen molar-refractivity contribution in [2.24, 2.45) is 11.8 Å². The van der Waals surface area contributed by atoms with E-state index in [4.69, 9.17) is 4.74 Å². The van der Waals surface area contributed by atoms with Crippen LogP contribution in [0.15, 0.2) is 24.3 Å². The second-order valence-corrected chi connectivity index (χ2v) is 6.25. The largest absolute Gasteiger partial charge is 0.497 e. The number of nitrogens with one attached hydrogen (secondary N) is 2. The van der Waals surface area contributed by atoms with Crippen molar-refractivity contribution in [3.05, 3.63) is 29.8 Å². The lowest BCUT2D eigenvalue weighted by molar-refractivity contribution is 0.124. The first-order valence-electron chi connectivity index (χ1n) is 7.87. The fraction of sp³-hybridized carbons (Fsp3) is 0.588. The van der Waals surface area contributed by atoms with Crippen LogP contribution in [0, 0.1) is 11.8 Å². The van der Waals surface area contributed by atoms with Crippen molar-refractivity contribution < 1.29 is 14.6 Å². The molecule has 2 atom stereocenters. The molecule has 122 valence electrons. The summed E-state index contributed by atoms with van der Waals surface area (Å²) in [4.78, 5) is 12.1. The Bertz CT molecular complexity index is 483. The SMILES string of the molecule is COc1ccc(C(NC(=O)NCC(O)C(C)C)C2CC2)cc1. The smallest absolute Gasteiger partial charge is 0.315 e. The summed E-state index contributed by atoms with van der Waals surface area (Å²) >= 11 is 0. The van der Waals surface area contributed by atoms with Gasteiger partial charge in [-0.1, -0.05) is 26.0 Å². The van der Waals surface area contributed by atoms with Crippen LogP contribution in [-0.4, -0.2) is 30.9 Å². The lowest BCUT2D eigenvalue weighted by atomic mass is 10.0. The number of urea groups is 1. The second kappa shape index (κ2) is 7.49. The molecule has 0 bridgehead atoms. The van der Waals surface area contributed by atoms with E-state index in [1.807, 2.05) is 38.1 Å². The molecule has 0 aromatic heterocycles. The Morgan fingerprint density at radius 2 is 1.95 bits per heavy atom. The van der Waals surface area contributed by atoms with Crippen molar-refractivity contribution in [3.8, 4) is 5.75 Å². The molecule has 1 aliphatic carbocycles. The molecule has 22 heavy (non-hydrogen) atoms. The summed E-state index contributed by atoms with van der Waals surface area (Å²) in [6.07, 6.45) is 1.74. The maximum Gasteiger partial charge on any atom is 0.315 e. The lowest BCUT2D eigenvalue weighted by Crippen LogP contribution is -2.43. The van der Waals surface area contributed by atoms with E-state index in [1.165, 1.54) is 0 Å². The van der Waals surface area contributed by atoms with Gasteiger partial charge in [-0.15, -0.1) is 0 Å². The van der Waals surface area contributed by atoms with Gasteiger partial charge in [0.25, 0.3) is 0 Å². The minimum absolute atomic E-state index is 0.0158. The number of methoxy groups -OCH3 is 1. The predicted octanol–water partition coefficient (Wildman–Crippen LogP) is 2.46. The Morgan fingerprint density at radius 3 is 2.45 bits per heavy atom. The van der Waals surface area contributed by atoms with Crippen LogP contribution in [-0.2, 0) is 0 Å². The van der Waals surface area contributed by atoms with Gasteiger partial charge >= 0.3 is 6.03 Å². The third-order valence-corrected chi connectivity index (χ3v) is 4.10. The predicted molar refractivity (Wildman–Crippen MR) is 85.8 cm³/mol. The molecule has 1 aromatic carbocycles. The fourth-order valence-electron chi connectivity index (χ4n) is 2.34. The molecule has 1 aromatic rings. The molecule has 0 saturated heterocycles. The number of ether oxygens (including phenoxy) is 1. The quantitative estimate of drug-likeness (QED) is 0.724. The molecule has 2 rings (SSSR count). The summed E-state index contributed by atoms with van der Waals surface area (Å²) < 4.78 is 5.17. The maximum atomic E-state index is 12.1. The summed E-state index contributed by atoms with van der Waals surface area (Å²) in [6, 6.07) is 7.59. The molecule has 1 saturated carbocycles. The van der Waals surface area contributed by atoms with Crippen LogP contribution in [0.2, 0.25) is 0 Å². The molecule has 3 N–H and O–H groups in total. The molecule has 0 aliphatic heterocycles. The van der Waals surface area contributed by atoms with Crippen molar-refractivity contribution >= 4 is 6.03 Å². The number of carbonyl (C=O) groups excluding carboxylic acids is 1. The molecule has 2 unspecified atom stereocenters. The topological polar surface area (TPSA) is 70.6 Å². The van der Waals surface area contributed by atoms with Gasteiger partial charge in [0.1, 0.15) is 5.75 Å². The molecule has 0 heterocycles. The third-order valence-electron chi connectivity index (χ3n) is 4.10. The first-order valence-corrected chi connectivity index (χ1v) is 7.87. The van der Waals surface area contributed by atoms with Crippen molar-refractivity contribution in [2.75, 3.05) is 13.7 Å². The zero-order valence-corrected chi connectivity index (χ0v) is 13.5. The monoisotopic (exact) mass is 306 g/mol. The first kappa shape index (κ1) is 16.6. The highest BCUT2D eigenvalue weighted by atomic mass is 16.5. The standard InChI is InChI=1S/C17H26N2O3/c1-11(2)15(20)10-18-17(21)19-16(12-4-5-12)13-6-8-14(22-3)9-7-13/h6-9,11-12,15-16,20H,4-5,10H2,1-3H3,(H2,18,19,21). The summed E-state index contributed by atoms with van der Waals surface area (Å²) in [6.45, 7) is 4.12. The van der Waals surface area contributed by atoms with Gasteiger partial charge in [0, 0.05) is 6.54 Å². The van der Waals surface area contributed by atoms with Crippen LogP contribution in [0.3, 0.4) is 0 Å². The van der Waals surface area contributed by atoms with Gasteiger partial charge < -0.3 is 20.5 Å². The number of hydrogen-bond acceptors (Lipinski definition) is 3. The number of carbonyl (C=O) groups is 1. The van der Waals surface area contributed by atoms with Gasteiger partial charge in [0.15, 0.2) is 0 Å². The van der Waals surface area contributed by atoms with Gasteiger partial charge in [-0.2, -0.15) is 0 Å². The van der Waals surface area contributed by atoms with E-state index >= 15 is 0 Å². The average Bonchev–Trinajstić information content (AvgIpc) is 3.35. The summed E-state index contributed by atoms with van der Waals surface area (Å²) in [7, 11) is 1.64. The maximum absolute atomic E-state index is 12.1. The van der Waals surface area contributed by atoms with Crippen LogP contribution < -0.4 is 15.4 Å². The van der Waals surface area contributed by atoms with E-state index in [1.54, 1.807) is 7.11 Å². The minimum Gasteiger partial charge on any atom is -0.497 e. The highest BCUT2D eigenvalue weighted by Gasteiger charge is 2.33. The van der Waals surface area contributed by atoms with E-state index in [-0.39, 0.29) is 24.5 Å². The van der Waals surface area contributed by atoms with Gasteiger partial charge in [0.2, 0.25) is 0 Å². The number of rotatable bonds is 7. The molecule has 2 amide bonds. The molecule has 5 nitrogen and oxygen atoms in total. The van der Waals surface area contributed by atoms with E-state index in [0.717, 1.165) is 24.2 Å². The Hall–Kier alpha value is -1.75. The third kappa shape index (κ3) is 4.63. The molecule has 0 radical (unpaired) electrons. The molecule has 0 spiro atoms. The molecule has 5 heteroatoms. The summed E-state index contributed by atoms with van der Waals surface area (Å²) in [5.74, 6) is 1.43. The van der Waals surface area contributed by atoms with E-state index in [0.29, 0.717) is 5.92 Å². The van der Waals surface area contributed by atoms with E-state index in [2.05, 4.69) is 10.6 Å². The van der Waals surface area contributed by atoms with E-state index in [9.17, 15) is 9.90 Å². The molecule has 1 fully saturated rings.